The van der Waals surface area contributed by atoms with Gasteiger partial charge < -0.3 is 20.1 Å². The second-order valence-electron chi connectivity index (χ2n) is 12.5. The van der Waals surface area contributed by atoms with Crippen molar-refractivity contribution in [2.45, 2.75) is 87.0 Å². The van der Waals surface area contributed by atoms with Gasteiger partial charge >= 0.3 is 24.3 Å². The zero-order valence-electron chi connectivity index (χ0n) is 26.7. The molecule has 2 N–H and O–H groups in total. The number of carbonyl (C=O) groups excluding carboxylic acids is 4. The molecule has 0 aromatic heterocycles. The summed E-state index contributed by atoms with van der Waals surface area (Å²) in [6.07, 6.45) is -6.21. The largest absolute Gasteiger partial charge is 0.448 e. The van der Waals surface area contributed by atoms with Crippen molar-refractivity contribution >= 4 is 23.5 Å². The van der Waals surface area contributed by atoms with Gasteiger partial charge in [0.2, 0.25) is 11.6 Å². The molecule has 2 aromatic carbocycles. The predicted molar refractivity (Wildman–Crippen MR) is 160 cm³/mol. The summed E-state index contributed by atoms with van der Waals surface area (Å²) in [7, 11) is 2.96. The fourth-order valence-corrected chi connectivity index (χ4v) is 6.79. The van der Waals surface area contributed by atoms with Gasteiger partial charge in [-0.3, -0.25) is 9.59 Å². The molecule has 2 saturated carbocycles. The third-order valence-electron chi connectivity index (χ3n) is 9.42. The number of alkyl halides is 6. The molecule has 14 heteroatoms. The number of hydrogen-bond acceptors (Lipinski definition) is 8. The Balaban J connectivity index is 1.47. The quantitative estimate of drug-likeness (QED) is 0.201. The standard InChI is InChI=1S/C34H36F6N2O6/c1-29(17-5-19-31(41-3,27(29)45)21-7-11-23(12-8-21)33(35,36)37)47-25(43)15-16-26(44)48-30(2)18-6-20-32(42-4,28(30)46)22-9-13-24(14-10-22)34(38,39)40/h7-16,41-42H,5-6,17-20H2,1-4H3/b16-15+/t29-,30-,31+,32+/m0/s1. The highest BCUT2D eigenvalue weighted by Crippen LogP contribution is 2.43. The normalized spacial score (nSPS) is 28.4. The maximum Gasteiger partial charge on any atom is 0.416 e. The molecule has 0 spiro atoms. The van der Waals surface area contributed by atoms with E-state index in [2.05, 4.69) is 10.6 Å². The first-order valence-electron chi connectivity index (χ1n) is 15.2. The van der Waals surface area contributed by atoms with E-state index < -0.39 is 69.3 Å². The predicted octanol–water partition coefficient (Wildman–Crippen LogP) is 5.92. The van der Waals surface area contributed by atoms with E-state index in [-0.39, 0.29) is 36.8 Å². The Morgan fingerprint density at radius 3 is 1.21 bits per heavy atom. The van der Waals surface area contributed by atoms with E-state index in [4.69, 9.17) is 9.47 Å². The highest BCUT2D eigenvalue weighted by Gasteiger charge is 2.55. The Kier molecular flexibility index (Phi) is 10.0. The Hall–Kier alpha value is -4.04. The van der Waals surface area contributed by atoms with Gasteiger partial charge in [0.05, 0.1) is 11.1 Å². The summed E-state index contributed by atoms with van der Waals surface area (Å²) in [4.78, 5) is 53.3. The first-order valence-corrected chi connectivity index (χ1v) is 15.2. The van der Waals surface area contributed by atoms with E-state index in [1.807, 2.05) is 0 Å². The first kappa shape index (κ1) is 36.8. The number of benzene rings is 2. The number of ether oxygens (including phenoxy) is 2. The summed E-state index contributed by atoms with van der Waals surface area (Å²) in [6.45, 7) is 2.77. The van der Waals surface area contributed by atoms with Crippen LogP contribution in [0.2, 0.25) is 0 Å². The minimum absolute atomic E-state index is 0.114. The average Bonchev–Trinajstić information content (AvgIpc) is 3.02. The van der Waals surface area contributed by atoms with Crippen LogP contribution in [-0.2, 0) is 52.1 Å². The fraction of sp³-hybridized carbons (Fsp3) is 0.471. The van der Waals surface area contributed by atoms with Gasteiger partial charge in [0, 0.05) is 12.2 Å². The van der Waals surface area contributed by atoms with Gasteiger partial charge in [0.25, 0.3) is 0 Å². The lowest BCUT2D eigenvalue weighted by atomic mass is 9.69. The molecule has 8 nitrogen and oxygen atoms in total. The van der Waals surface area contributed by atoms with Gasteiger partial charge in [-0.2, -0.15) is 26.3 Å². The maximum absolute atomic E-state index is 13.8. The van der Waals surface area contributed by atoms with Crippen LogP contribution in [0.25, 0.3) is 0 Å². The monoisotopic (exact) mass is 682 g/mol. The summed E-state index contributed by atoms with van der Waals surface area (Å²) in [5.74, 6) is -3.31. The third-order valence-corrected chi connectivity index (χ3v) is 9.42. The molecule has 2 aliphatic carbocycles. The maximum atomic E-state index is 13.8. The smallest absolute Gasteiger partial charge is 0.416 e. The minimum Gasteiger partial charge on any atom is -0.448 e. The van der Waals surface area contributed by atoms with Crippen molar-refractivity contribution in [3.05, 3.63) is 82.9 Å². The average molecular weight is 683 g/mol. The zero-order chi connectivity index (χ0) is 35.8. The van der Waals surface area contributed by atoms with Crippen molar-refractivity contribution in [2.24, 2.45) is 0 Å². The molecule has 4 rings (SSSR count). The Morgan fingerprint density at radius 2 is 0.938 bits per heavy atom. The lowest BCUT2D eigenvalue weighted by molar-refractivity contribution is -0.170. The van der Waals surface area contributed by atoms with Crippen molar-refractivity contribution in [2.75, 3.05) is 14.1 Å². The van der Waals surface area contributed by atoms with Gasteiger partial charge in [-0.05, 0) is 102 Å². The van der Waals surface area contributed by atoms with E-state index in [1.165, 1.54) is 52.2 Å². The molecule has 0 heterocycles. The lowest BCUT2D eigenvalue weighted by Crippen LogP contribution is -2.60. The highest BCUT2D eigenvalue weighted by molar-refractivity contribution is 6.01. The van der Waals surface area contributed by atoms with E-state index in [0.29, 0.717) is 12.8 Å². The number of ketones is 2. The summed E-state index contributed by atoms with van der Waals surface area (Å²) in [6, 6.07) is 8.29. The Bertz CT molecular complexity index is 1470. The third kappa shape index (κ3) is 6.91. The summed E-state index contributed by atoms with van der Waals surface area (Å²) in [5.41, 5.74) is -7.51. The van der Waals surface area contributed by atoms with Gasteiger partial charge in [0.15, 0.2) is 11.2 Å². The van der Waals surface area contributed by atoms with Crippen molar-refractivity contribution in [3.63, 3.8) is 0 Å². The van der Waals surface area contributed by atoms with Crippen LogP contribution in [0.15, 0.2) is 60.7 Å². The Labute approximate surface area is 273 Å². The Morgan fingerprint density at radius 1 is 0.625 bits per heavy atom. The number of halogens is 6. The number of esters is 2. The van der Waals surface area contributed by atoms with E-state index in [9.17, 15) is 45.5 Å². The summed E-state index contributed by atoms with van der Waals surface area (Å²) in [5, 5.41) is 5.81. The van der Waals surface area contributed by atoms with Crippen LogP contribution < -0.4 is 10.6 Å². The van der Waals surface area contributed by atoms with Crippen molar-refractivity contribution < 1.29 is 55.0 Å². The van der Waals surface area contributed by atoms with Gasteiger partial charge in [-0.1, -0.05) is 24.3 Å². The van der Waals surface area contributed by atoms with Crippen LogP contribution in [-0.4, -0.2) is 48.8 Å². The van der Waals surface area contributed by atoms with Crippen molar-refractivity contribution in [3.8, 4) is 0 Å². The van der Waals surface area contributed by atoms with Crippen LogP contribution in [0.5, 0.6) is 0 Å². The second-order valence-corrected chi connectivity index (χ2v) is 12.5. The molecule has 260 valence electrons. The molecular weight excluding hydrogens is 646 g/mol. The van der Waals surface area contributed by atoms with E-state index >= 15 is 0 Å². The molecule has 2 aromatic rings. The molecule has 0 unspecified atom stereocenters. The van der Waals surface area contributed by atoms with Crippen molar-refractivity contribution in [1.82, 2.24) is 10.6 Å². The van der Waals surface area contributed by atoms with Gasteiger partial charge in [-0.25, -0.2) is 9.59 Å². The molecule has 48 heavy (non-hydrogen) atoms. The minimum atomic E-state index is -4.57. The number of Topliss-reactive ketones (excluding diaryl/α,β-unsaturated/α-hetero) is 2. The van der Waals surface area contributed by atoms with Crippen LogP contribution in [0.1, 0.15) is 74.6 Å². The van der Waals surface area contributed by atoms with Crippen molar-refractivity contribution in [1.29, 1.82) is 0 Å². The fourth-order valence-electron chi connectivity index (χ4n) is 6.79. The number of hydrogen-bond donors (Lipinski definition) is 2. The van der Waals surface area contributed by atoms with Crippen LogP contribution in [0, 0.1) is 0 Å². The molecule has 0 saturated heterocycles. The topological polar surface area (TPSA) is 111 Å². The molecule has 0 amide bonds. The molecule has 4 atom stereocenters. The van der Waals surface area contributed by atoms with Crippen LogP contribution in [0.3, 0.4) is 0 Å². The van der Waals surface area contributed by atoms with Gasteiger partial charge in [-0.15, -0.1) is 0 Å². The molecule has 0 bridgehead atoms. The van der Waals surface area contributed by atoms with E-state index in [0.717, 1.165) is 36.4 Å². The molecule has 0 aliphatic heterocycles. The SMILES string of the molecule is CN[C@@]1(c2ccc(C(F)(F)F)cc2)CCC[C@](C)(OC(=O)/C=C/C(=O)O[C@@]2(C)CCC[C@@](NC)(c3ccc(C(F)(F)F)cc3)C2=O)C1=O. The van der Waals surface area contributed by atoms with Crippen LogP contribution in [0.4, 0.5) is 26.3 Å². The molecular formula is C34H36F6N2O6. The number of rotatable bonds is 8. The molecule has 2 fully saturated rings. The highest BCUT2D eigenvalue weighted by atomic mass is 19.4. The second kappa shape index (κ2) is 13.1. The lowest BCUT2D eigenvalue weighted by Gasteiger charge is -2.44. The first-order chi connectivity index (χ1) is 22.3. The summed E-state index contributed by atoms with van der Waals surface area (Å²) >= 11 is 0. The van der Waals surface area contributed by atoms with Crippen LogP contribution >= 0.6 is 0 Å². The number of likely N-dealkylation sites (N-methyl/N-ethyl adjacent to an activating group) is 2. The number of carbonyl (C=O) groups is 4. The number of nitrogens with one attached hydrogen (secondary N) is 2. The summed E-state index contributed by atoms with van der Waals surface area (Å²) < 4.78 is 89.7. The molecule has 0 radical (unpaired) electrons. The zero-order valence-corrected chi connectivity index (χ0v) is 26.7. The molecule has 2 aliphatic rings. The van der Waals surface area contributed by atoms with Gasteiger partial charge in [0.1, 0.15) is 11.1 Å². The van der Waals surface area contributed by atoms with E-state index in [1.54, 1.807) is 0 Å².